The number of para-hydroxylation sites is 2. The van der Waals surface area contributed by atoms with E-state index in [1.165, 1.54) is 146 Å². The van der Waals surface area contributed by atoms with E-state index in [0.29, 0.717) is 22.3 Å². The minimum absolute atomic E-state index is 0.00368. The molecule has 0 aliphatic carbocycles. The number of amides is 4. The summed E-state index contributed by atoms with van der Waals surface area (Å²) in [5.41, 5.74) is 0.832. The second-order valence-corrected chi connectivity index (χ2v) is 49.9. The number of hydrogen-bond donors (Lipinski definition) is 12. The van der Waals surface area contributed by atoms with Gasteiger partial charge in [0.15, 0.2) is 0 Å². The number of imide groups is 2. The molecule has 4 amide bonds. The van der Waals surface area contributed by atoms with Crippen LogP contribution >= 0.6 is 47.0 Å². The first-order valence-corrected chi connectivity index (χ1v) is 57.9. The summed E-state index contributed by atoms with van der Waals surface area (Å²) in [6.45, 7) is 14.8. The Balaban J connectivity index is 1.15. The third-order valence-corrected chi connectivity index (χ3v) is 35.0. The van der Waals surface area contributed by atoms with Gasteiger partial charge in [0.2, 0.25) is 0 Å². The van der Waals surface area contributed by atoms with E-state index >= 15 is 19.2 Å². The van der Waals surface area contributed by atoms with Gasteiger partial charge in [-0.15, -0.1) is 0 Å². The minimum atomic E-state index is -5.15. The zero-order valence-electron chi connectivity index (χ0n) is 76.9. The van der Waals surface area contributed by atoms with E-state index in [1.54, 1.807) is 36.4 Å². The maximum absolute atomic E-state index is 17.5. The van der Waals surface area contributed by atoms with Gasteiger partial charge in [-0.2, -0.15) is 108 Å². The van der Waals surface area contributed by atoms with Gasteiger partial charge >= 0.3 is 81.7 Å². The summed E-state index contributed by atoms with van der Waals surface area (Å²) in [5, 5.41) is -0.392. The molecule has 15 aromatic rings. The quantitative estimate of drug-likeness (QED) is 0.00586. The van der Waals surface area contributed by atoms with Gasteiger partial charge in [-0.1, -0.05) is 187 Å². The van der Waals surface area contributed by atoms with Crippen molar-refractivity contribution in [1.82, 2.24) is 0 Å². The Morgan fingerprint density at radius 3 is 0.699 bits per heavy atom. The molecule has 50 heteroatoms. The number of anilines is 6. The molecule has 0 aromatic heterocycles. The van der Waals surface area contributed by atoms with Gasteiger partial charge in [-0.05, 0) is 236 Å². The van der Waals surface area contributed by atoms with Crippen LogP contribution in [0.5, 0.6) is 0 Å². The Bertz CT molecular complexity index is 8520. The highest BCUT2D eigenvalue weighted by atomic mass is 32.3. The number of nitrogens with two attached hydrogens (primary N) is 4. The molecule has 15 aromatic carbocycles. The Morgan fingerprint density at radius 1 is 0.247 bits per heavy atom. The SMILES string of the molecule is CC(C)c1cccc(C(C)C)c1N1C(=O)c2cc(Sc3ccc(NS(=O)(=O)O)cc3-c3ccc(NS(=O)(=O)O)cc3)c3c4c(Sc5ccc(NS(=O)(=O)O)cc5-c5ccc(NS(=O)(=O)O)cc5)cc5c6c(cc(Sc7ccc(S(=O)(=O)ON)cc7-c7ccc(S(=O)(=O)ON)cc7)c(c7c(Sc8ccc(S(=O)(=O)ON)cc8-c8ccc(S(=O)(=O)ON)cc8)cc(c2c37)C1=O)c64)C(=O)N(c1c(C(C)C)cccc1C(C)C)C5=O. The maximum Gasteiger partial charge on any atom is 0.357 e. The van der Waals surface area contributed by atoms with Gasteiger partial charge in [0, 0.05) is 82.3 Å². The standard InChI is InChI=1S/C96H82N10O28S12/c1-47(2)63-11-9-12-64(48(3)4)91(63)105-93(107)71-43-79(135-75-35-27-57(103-145(125,126)127)39-67(75)51-15-23-55(24-16-51)101-143(119,120)121)85-86-80(136-76-36-28-58(104-146(128,129)130)40-68(76)52-17-25-56(26-18-52)102-144(122,123)124)44-72-84-74(96(110)106(94(72)108)92-65(49(5)6)13-10-14-66(92)50(7)8)46-82(138-78-38-34-62(142(117,118)134-100)42-70(78)54-21-31-60(32-22-54)140(113,114)132-98)88(90(84)86)87-81(45-73(95(105)109)83(71)89(85)87)137-77-37-33-61(141(115,116)133-99)41-69(77)53-19-29-59(30-20-53)139(111,112)131-97/h9-50,101-104H,97-100H2,1-8H3,(H,119,120,121)(H,122,123,124)(H,125,126,127)(H,128,129,130). The molecular weight excluding hydrogens is 2130 g/mol. The van der Waals surface area contributed by atoms with Gasteiger partial charge in [-0.3, -0.25) is 56.3 Å². The van der Waals surface area contributed by atoms with Gasteiger partial charge in [0.05, 0.1) is 76.0 Å². The molecule has 0 spiro atoms. The first-order valence-electron chi connectivity index (χ1n) is 43.2. The summed E-state index contributed by atoms with van der Waals surface area (Å²) < 4.78 is 280. The van der Waals surface area contributed by atoms with Gasteiger partial charge < -0.3 is 0 Å². The zero-order chi connectivity index (χ0) is 105. The molecule has 2 heterocycles. The predicted octanol–water partition coefficient (Wildman–Crippen LogP) is 18.3. The van der Waals surface area contributed by atoms with Crippen molar-refractivity contribution in [2.45, 2.75) is 138 Å². The third kappa shape index (κ3) is 20.4. The van der Waals surface area contributed by atoms with Crippen LogP contribution in [-0.4, -0.2) is 109 Å². The fraction of sp³-hybridized carbons (Fsp3) is 0.125. The van der Waals surface area contributed by atoms with E-state index in [4.69, 9.17) is 23.6 Å². The van der Waals surface area contributed by atoms with E-state index in [-0.39, 0.29) is 183 Å². The number of fused-ring (bicyclic) bond motifs is 2. The summed E-state index contributed by atoms with van der Waals surface area (Å²) in [7, 11) is -39.4. The van der Waals surface area contributed by atoms with Crippen LogP contribution < -0.4 is 52.3 Å². The van der Waals surface area contributed by atoms with E-state index in [1.807, 2.05) is 64.8 Å². The molecule has 17 rings (SSSR count). The molecule has 0 fully saturated rings. The first-order chi connectivity index (χ1) is 68.6. The molecule has 0 saturated heterocycles. The molecule has 38 nitrogen and oxygen atoms in total. The lowest BCUT2D eigenvalue weighted by Crippen LogP contribution is -2.42. The van der Waals surface area contributed by atoms with Crippen LogP contribution in [0, 0.1) is 0 Å². The van der Waals surface area contributed by atoms with Crippen LogP contribution in [0.1, 0.15) is 143 Å². The third-order valence-electron chi connectivity index (χ3n) is 24.1. The largest absolute Gasteiger partial charge is 0.357 e. The Labute approximate surface area is 853 Å². The summed E-state index contributed by atoms with van der Waals surface area (Å²) in [4.78, 5) is 70.3. The lowest BCUT2D eigenvalue weighted by molar-refractivity contribution is 0.0876. The molecule has 0 radical (unpaired) electrons. The molecule has 0 unspecified atom stereocenters. The van der Waals surface area contributed by atoms with Crippen molar-refractivity contribution in [1.29, 1.82) is 0 Å². The fourth-order valence-electron chi connectivity index (χ4n) is 17.9. The highest BCUT2D eigenvalue weighted by molar-refractivity contribution is 8.01. The fourth-order valence-corrected chi connectivity index (χ4v) is 26.5. The molecular formula is C96H82N10O28S12. The van der Waals surface area contributed by atoms with E-state index < -0.39 is 149 Å². The summed E-state index contributed by atoms with van der Waals surface area (Å²) in [6.07, 6.45) is 0. The van der Waals surface area contributed by atoms with Crippen molar-refractivity contribution in [3.63, 3.8) is 0 Å². The van der Waals surface area contributed by atoms with Crippen molar-refractivity contribution < 1.29 is 122 Å². The average molecular weight is 2210 g/mol. The molecule has 0 atom stereocenters. The maximum atomic E-state index is 17.5. The van der Waals surface area contributed by atoms with E-state index in [2.05, 4.69) is 26.6 Å². The highest BCUT2D eigenvalue weighted by Gasteiger charge is 2.45. The summed E-state index contributed by atoms with van der Waals surface area (Å²) in [6, 6.07) is 51.5. The number of carbonyl (C=O) groups is 4. The van der Waals surface area contributed by atoms with Crippen LogP contribution in [-0.2, 0) is 98.8 Å². The lowest BCUT2D eigenvalue weighted by Gasteiger charge is -2.35. The van der Waals surface area contributed by atoms with Crippen LogP contribution in [0.4, 0.5) is 34.1 Å². The molecule has 146 heavy (non-hydrogen) atoms. The Morgan fingerprint density at radius 2 is 0.459 bits per heavy atom. The normalized spacial score (nSPS) is 13.6. The topological polar surface area (TPSA) is 618 Å². The number of nitrogens with one attached hydrogen (secondary N) is 4. The summed E-state index contributed by atoms with van der Waals surface area (Å²) >= 11 is 3.39. The van der Waals surface area contributed by atoms with Crippen molar-refractivity contribution >= 4 is 230 Å². The van der Waals surface area contributed by atoms with Gasteiger partial charge in [-0.25, -0.2) is 9.80 Å². The lowest BCUT2D eigenvalue weighted by atomic mass is 9.81. The molecule has 2 aliphatic rings. The van der Waals surface area contributed by atoms with Crippen LogP contribution in [0.25, 0.3) is 87.6 Å². The van der Waals surface area contributed by atoms with Crippen molar-refractivity contribution in [3.05, 3.63) is 275 Å². The van der Waals surface area contributed by atoms with Crippen LogP contribution in [0.15, 0.2) is 289 Å². The zero-order valence-corrected chi connectivity index (χ0v) is 86.7. The monoisotopic (exact) mass is 2210 g/mol. The number of hydrogen-bond acceptors (Lipinski definition) is 32. The number of benzene rings is 15. The Hall–Kier alpha value is -12.4. The average Bonchev–Trinajstić information content (AvgIpc) is 0.665. The first kappa shape index (κ1) is 105. The van der Waals surface area contributed by atoms with Crippen molar-refractivity contribution in [3.8, 4) is 44.5 Å². The van der Waals surface area contributed by atoms with Crippen molar-refractivity contribution in [2.75, 3.05) is 28.7 Å². The number of rotatable bonds is 34. The molecule has 0 bridgehead atoms. The minimum Gasteiger partial charge on any atom is -0.269 e. The van der Waals surface area contributed by atoms with E-state index in [9.17, 15) is 85.6 Å². The van der Waals surface area contributed by atoms with Crippen molar-refractivity contribution in [2.24, 2.45) is 23.6 Å². The van der Waals surface area contributed by atoms with Crippen LogP contribution in [0.3, 0.4) is 0 Å². The predicted molar refractivity (Wildman–Crippen MR) is 554 cm³/mol. The second-order valence-electron chi connectivity index (χ2n) is 34.6. The number of carbonyl (C=O) groups excluding carboxylic acids is 4. The Kier molecular flexibility index (Phi) is 28.3. The number of nitrogens with zero attached hydrogens (tertiary/aromatic N) is 2. The van der Waals surface area contributed by atoms with Gasteiger partial charge in [0.25, 0.3) is 23.6 Å². The smallest absolute Gasteiger partial charge is 0.269 e. The molecule has 756 valence electrons. The highest BCUT2D eigenvalue weighted by Crippen LogP contribution is 2.61. The van der Waals surface area contributed by atoms with Crippen LogP contribution in [0.2, 0.25) is 0 Å². The molecule has 16 N–H and O–H groups in total. The molecule has 2 aliphatic heterocycles. The second kappa shape index (κ2) is 39.3. The van der Waals surface area contributed by atoms with Gasteiger partial charge in [0.1, 0.15) is 0 Å². The van der Waals surface area contributed by atoms with E-state index in [0.717, 1.165) is 105 Å². The molecule has 0 saturated carbocycles. The summed E-state index contributed by atoms with van der Waals surface area (Å²) in [5.74, 6) is 16.0.